The molecule has 4 atom stereocenters. The van der Waals surface area contributed by atoms with Crippen molar-refractivity contribution in [2.75, 3.05) is 5.88 Å². The SMILES string of the molecule is NC1=CN([C@@H]2O[C@H](C(O)C3CC3)C[C@H]2O)CS1. The zero-order chi connectivity index (χ0) is 12.0. The minimum absolute atomic E-state index is 0.234. The highest BCUT2D eigenvalue weighted by Gasteiger charge is 2.45. The Morgan fingerprint density at radius 2 is 2.29 bits per heavy atom. The summed E-state index contributed by atoms with van der Waals surface area (Å²) < 4.78 is 5.78. The number of hydrogen-bond donors (Lipinski definition) is 3. The summed E-state index contributed by atoms with van der Waals surface area (Å²) in [5, 5.41) is 20.8. The van der Waals surface area contributed by atoms with Gasteiger partial charge in [-0.15, -0.1) is 0 Å². The van der Waals surface area contributed by atoms with Gasteiger partial charge in [-0.25, -0.2) is 0 Å². The number of rotatable bonds is 3. The van der Waals surface area contributed by atoms with Crippen LogP contribution in [0.15, 0.2) is 11.2 Å². The maximum atomic E-state index is 10.0. The summed E-state index contributed by atoms with van der Waals surface area (Å²) in [6, 6.07) is 0. The second-order valence-corrected chi connectivity index (χ2v) is 6.03. The van der Waals surface area contributed by atoms with E-state index in [1.54, 1.807) is 0 Å². The number of ether oxygens (including phenoxy) is 1. The van der Waals surface area contributed by atoms with Crippen LogP contribution in [0.1, 0.15) is 19.3 Å². The van der Waals surface area contributed by atoms with E-state index in [0.717, 1.165) is 17.9 Å². The summed E-state index contributed by atoms with van der Waals surface area (Å²) in [4.78, 5) is 1.91. The van der Waals surface area contributed by atoms with Gasteiger partial charge in [0.15, 0.2) is 6.23 Å². The van der Waals surface area contributed by atoms with Crippen LogP contribution in [-0.4, -0.2) is 45.5 Å². The van der Waals surface area contributed by atoms with Crippen LogP contribution in [-0.2, 0) is 4.74 Å². The molecule has 3 rings (SSSR count). The van der Waals surface area contributed by atoms with E-state index < -0.39 is 12.2 Å². The molecule has 0 amide bonds. The van der Waals surface area contributed by atoms with Crippen LogP contribution < -0.4 is 5.73 Å². The van der Waals surface area contributed by atoms with Crippen molar-refractivity contribution in [3.05, 3.63) is 11.2 Å². The average Bonchev–Trinajstić information content (AvgIpc) is 2.96. The summed E-state index contributed by atoms with van der Waals surface area (Å²) in [6.07, 6.45) is 2.91. The van der Waals surface area contributed by atoms with Crippen LogP contribution in [0.2, 0.25) is 0 Å². The molecule has 5 nitrogen and oxygen atoms in total. The molecule has 1 aliphatic carbocycles. The Morgan fingerprint density at radius 1 is 1.53 bits per heavy atom. The molecule has 1 saturated heterocycles. The van der Waals surface area contributed by atoms with E-state index in [4.69, 9.17) is 10.5 Å². The average molecular weight is 258 g/mol. The Balaban J connectivity index is 1.63. The first-order chi connectivity index (χ1) is 8.15. The van der Waals surface area contributed by atoms with Crippen molar-refractivity contribution >= 4 is 11.8 Å². The van der Waals surface area contributed by atoms with Crippen molar-refractivity contribution in [2.24, 2.45) is 11.7 Å². The third-order valence-corrected chi connectivity index (χ3v) is 4.47. The van der Waals surface area contributed by atoms with Crippen molar-refractivity contribution in [2.45, 2.75) is 43.8 Å². The largest absolute Gasteiger partial charge is 0.392 e. The molecule has 0 radical (unpaired) electrons. The van der Waals surface area contributed by atoms with Gasteiger partial charge < -0.3 is 25.6 Å². The standard InChI is InChI=1S/C11H18N2O3S/c12-9-4-13(5-17-9)11-7(14)3-8(16-11)10(15)6-1-2-6/h4,6-8,10-11,14-15H,1-3,5,12H2/t7-,8+,10?,11-/m1/s1. The molecule has 0 aromatic carbocycles. The van der Waals surface area contributed by atoms with Crippen LogP contribution in [0.3, 0.4) is 0 Å². The fourth-order valence-corrected chi connectivity index (χ4v) is 3.20. The molecule has 0 spiro atoms. The molecule has 1 saturated carbocycles. The summed E-state index contributed by atoms with van der Waals surface area (Å²) >= 11 is 1.53. The summed E-state index contributed by atoms with van der Waals surface area (Å²) in [7, 11) is 0. The van der Waals surface area contributed by atoms with Gasteiger partial charge in [0, 0.05) is 12.6 Å². The van der Waals surface area contributed by atoms with Gasteiger partial charge in [-0.3, -0.25) is 0 Å². The van der Waals surface area contributed by atoms with E-state index in [9.17, 15) is 10.2 Å². The Morgan fingerprint density at radius 3 is 2.88 bits per heavy atom. The molecule has 3 aliphatic rings. The van der Waals surface area contributed by atoms with Crippen LogP contribution in [0.4, 0.5) is 0 Å². The van der Waals surface area contributed by atoms with Gasteiger partial charge in [-0.2, -0.15) is 0 Å². The lowest BCUT2D eigenvalue weighted by molar-refractivity contribution is -0.0961. The molecular formula is C11H18N2O3S. The molecule has 0 aromatic heterocycles. The fourth-order valence-electron chi connectivity index (χ4n) is 2.47. The van der Waals surface area contributed by atoms with Crippen LogP contribution >= 0.6 is 11.8 Å². The van der Waals surface area contributed by atoms with E-state index in [-0.39, 0.29) is 12.3 Å². The third kappa shape index (κ3) is 2.27. The quantitative estimate of drug-likeness (QED) is 0.661. The van der Waals surface area contributed by atoms with Gasteiger partial charge >= 0.3 is 0 Å². The van der Waals surface area contributed by atoms with Crippen molar-refractivity contribution in [1.29, 1.82) is 0 Å². The highest BCUT2D eigenvalue weighted by atomic mass is 32.2. The maximum absolute atomic E-state index is 10.0. The molecule has 0 aromatic rings. The molecule has 6 heteroatoms. The van der Waals surface area contributed by atoms with Gasteiger partial charge in [-0.05, 0) is 18.8 Å². The highest BCUT2D eigenvalue weighted by Crippen LogP contribution is 2.39. The molecule has 17 heavy (non-hydrogen) atoms. The zero-order valence-corrected chi connectivity index (χ0v) is 10.3. The molecule has 0 bridgehead atoms. The minimum Gasteiger partial charge on any atom is -0.392 e. The molecule has 1 unspecified atom stereocenters. The number of nitrogens with zero attached hydrogens (tertiary/aromatic N) is 1. The van der Waals surface area contributed by atoms with Crippen molar-refractivity contribution in [3.63, 3.8) is 0 Å². The summed E-state index contributed by atoms with van der Waals surface area (Å²) in [5.41, 5.74) is 5.69. The second-order valence-electron chi connectivity index (χ2n) is 5.02. The number of nitrogens with two attached hydrogens (primary N) is 1. The van der Waals surface area contributed by atoms with E-state index in [0.29, 0.717) is 18.2 Å². The molecule has 4 N–H and O–H groups in total. The number of hydrogen-bond acceptors (Lipinski definition) is 6. The van der Waals surface area contributed by atoms with Crippen LogP contribution in [0, 0.1) is 5.92 Å². The maximum Gasteiger partial charge on any atom is 0.157 e. The van der Waals surface area contributed by atoms with E-state index in [1.807, 2.05) is 11.1 Å². The van der Waals surface area contributed by atoms with Gasteiger partial charge in [0.25, 0.3) is 0 Å². The van der Waals surface area contributed by atoms with Crippen molar-refractivity contribution in [3.8, 4) is 0 Å². The number of aliphatic hydroxyl groups is 2. The highest BCUT2D eigenvalue weighted by molar-refractivity contribution is 8.03. The summed E-state index contributed by atoms with van der Waals surface area (Å²) in [5.74, 6) is 1.08. The second kappa shape index (κ2) is 4.35. The van der Waals surface area contributed by atoms with E-state index >= 15 is 0 Å². The predicted octanol–water partition coefficient (Wildman–Crippen LogP) is -0.00290. The van der Waals surface area contributed by atoms with Crippen LogP contribution in [0.25, 0.3) is 0 Å². The van der Waals surface area contributed by atoms with Gasteiger partial charge in [0.2, 0.25) is 0 Å². The van der Waals surface area contributed by atoms with Gasteiger partial charge in [0.1, 0.15) is 6.10 Å². The molecule has 2 aliphatic heterocycles. The van der Waals surface area contributed by atoms with Gasteiger partial charge in [0.05, 0.1) is 23.1 Å². The lowest BCUT2D eigenvalue weighted by Gasteiger charge is -2.26. The Kier molecular flexibility index (Phi) is 2.98. The van der Waals surface area contributed by atoms with Crippen molar-refractivity contribution < 1.29 is 14.9 Å². The first kappa shape index (κ1) is 11.6. The number of aliphatic hydroxyl groups excluding tert-OH is 2. The monoisotopic (exact) mass is 258 g/mol. The Hall–Kier alpha value is -0.430. The molecule has 2 fully saturated rings. The van der Waals surface area contributed by atoms with Crippen molar-refractivity contribution in [1.82, 2.24) is 4.90 Å². The third-order valence-electron chi connectivity index (χ3n) is 3.60. The topological polar surface area (TPSA) is 79.0 Å². The number of thioether (sulfide) groups is 1. The minimum atomic E-state index is -0.545. The molecular weight excluding hydrogens is 240 g/mol. The fraction of sp³-hybridized carbons (Fsp3) is 0.818. The predicted molar refractivity (Wildman–Crippen MR) is 64.6 cm³/mol. The first-order valence-corrected chi connectivity index (χ1v) is 7.01. The first-order valence-electron chi connectivity index (χ1n) is 6.02. The Bertz CT molecular complexity index is 335. The molecule has 2 heterocycles. The lowest BCUT2D eigenvalue weighted by atomic mass is 10.1. The van der Waals surface area contributed by atoms with E-state index in [2.05, 4.69) is 0 Å². The van der Waals surface area contributed by atoms with Gasteiger partial charge in [-0.1, -0.05) is 11.8 Å². The Labute approximate surface area is 105 Å². The normalized spacial score (nSPS) is 39.5. The lowest BCUT2D eigenvalue weighted by Crippen LogP contribution is -2.37. The smallest absolute Gasteiger partial charge is 0.157 e. The summed E-state index contributed by atoms with van der Waals surface area (Å²) in [6.45, 7) is 0. The molecule has 96 valence electrons. The van der Waals surface area contributed by atoms with Crippen LogP contribution in [0.5, 0.6) is 0 Å². The van der Waals surface area contributed by atoms with E-state index in [1.165, 1.54) is 11.8 Å². The zero-order valence-electron chi connectivity index (χ0n) is 9.53.